The van der Waals surface area contributed by atoms with E-state index in [2.05, 4.69) is 41.0 Å². The molecule has 2 heterocycles. The fourth-order valence-electron chi connectivity index (χ4n) is 8.94. The summed E-state index contributed by atoms with van der Waals surface area (Å²) in [5, 5.41) is 20.2. The highest BCUT2D eigenvalue weighted by molar-refractivity contribution is 5.77. The van der Waals surface area contributed by atoms with Crippen molar-refractivity contribution in [2.24, 2.45) is 29.6 Å². The lowest BCUT2D eigenvalue weighted by atomic mass is 9.72. The number of hydrogen-bond acceptors (Lipinski definition) is 6. The summed E-state index contributed by atoms with van der Waals surface area (Å²) >= 11 is 0. The highest BCUT2D eigenvalue weighted by Gasteiger charge is 2.44. The minimum atomic E-state index is -1.23. The molecule has 7 nitrogen and oxygen atoms in total. The number of allylic oxidation sites excluding steroid dienone is 2. The van der Waals surface area contributed by atoms with Gasteiger partial charge in [-0.2, -0.15) is 0 Å². The molecule has 5 rings (SSSR count). The Kier molecular flexibility index (Phi) is 12.7. The molecule has 2 aliphatic carbocycles. The SMILES string of the molecule is CC1CC=CCC1[C@H]1CN([C@@H](CC(O)O)C2CCCCC2)C[C@@H]1CN1CCC(N(C)C(=O)COCCc2ccccc2)CC1. The quantitative estimate of drug-likeness (QED) is 0.187. The van der Waals surface area contributed by atoms with Crippen LogP contribution in [0, 0.1) is 29.6 Å². The first kappa shape index (κ1) is 33.6. The topological polar surface area (TPSA) is 76.5 Å². The number of piperidine rings is 1. The molecule has 44 heavy (non-hydrogen) atoms. The third-order valence-electron chi connectivity index (χ3n) is 11.6. The van der Waals surface area contributed by atoms with Crippen molar-refractivity contribution < 1.29 is 19.7 Å². The van der Waals surface area contributed by atoms with Crippen LogP contribution >= 0.6 is 0 Å². The number of carbonyl (C=O) groups is 1. The van der Waals surface area contributed by atoms with Crippen molar-refractivity contribution in [1.82, 2.24) is 14.7 Å². The molecule has 1 aromatic rings. The normalized spacial score (nSPS) is 28.5. The van der Waals surface area contributed by atoms with Crippen LogP contribution in [-0.4, -0.2) is 102 Å². The van der Waals surface area contributed by atoms with Crippen LogP contribution in [0.1, 0.15) is 76.7 Å². The Hall–Kier alpha value is -1.77. The zero-order valence-corrected chi connectivity index (χ0v) is 27.4. The Balaban J connectivity index is 1.14. The lowest BCUT2D eigenvalue weighted by Crippen LogP contribution is -2.48. The summed E-state index contributed by atoms with van der Waals surface area (Å²) in [5.41, 5.74) is 1.23. The zero-order chi connectivity index (χ0) is 30.9. The van der Waals surface area contributed by atoms with E-state index in [1.54, 1.807) is 0 Å². The number of amides is 1. The second kappa shape index (κ2) is 16.7. The largest absolute Gasteiger partial charge is 0.371 e. The number of aliphatic hydroxyl groups excluding tert-OH is 1. The van der Waals surface area contributed by atoms with E-state index in [9.17, 15) is 15.0 Å². The Labute approximate surface area is 266 Å². The molecule has 1 aromatic carbocycles. The molecule has 4 aliphatic rings. The molecule has 0 aromatic heterocycles. The van der Waals surface area contributed by atoms with Crippen LogP contribution in [0.25, 0.3) is 0 Å². The fraction of sp³-hybridized carbons (Fsp3) is 0.757. The summed E-state index contributed by atoms with van der Waals surface area (Å²) in [6, 6.07) is 10.8. The van der Waals surface area contributed by atoms with Gasteiger partial charge >= 0.3 is 0 Å². The van der Waals surface area contributed by atoms with Crippen molar-refractivity contribution in [3.8, 4) is 0 Å². The monoisotopic (exact) mass is 609 g/mol. The number of nitrogens with zero attached hydrogens (tertiary/aromatic N) is 3. The van der Waals surface area contributed by atoms with Gasteiger partial charge in [0.05, 0.1) is 6.61 Å². The van der Waals surface area contributed by atoms with Crippen LogP contribution in [0.4, 0.5) is 0 Å². The van der Waals surface area contributed by atoms with Crippen LogP contribution in [0.5, 0.6) is 0 Å². The van der Waals surface area contributed by atoms with Gasteiger partial charge < -0.3 is 24.7 Å². The summed E-state index contributed by atoms with van der Waals surface area (Å²) in [4.78, 5) is 20.2. The van der Waals surface area contributed by atoms with Gasteiger partial charge in [0.15, 0.2) is 6.29 Å². The molecule has 2 aliphatic heterocycles. The molecule has 0 bridgehead atoms. The molecule has 246 valence electrons. The number of benzene rings is 1. The van der Waals surface area contributed by atoms with E-state index in [1.807, 2.05) is 30.1 Å². The molecule has 7 heteroatoms. The van der Waals surface area contributed by atoms with Crippen LogP contribution < -0.4 is 0 Å². The molecule has 2 unspecified atom stereocenters. The average molecular weight is 610 g/mol. The maximum atomic E-state index is 12.9. The summed E-state index contributed by atoms with van der Waals surface area (Å²) < 4.78 is 5.75. The highest BCUT2D eigenvalue weighted by atomic mass is 16.5. The third kappa shape index (κ3) is 9.16. The minimum Gasteiger partial charge on any atom is -0.371 e. The Morgan fingerprint density at radius 2 is 1.70 bits per heavy atom. The number of aliphatic hydroxyl groups is 2. The van der Waals surface area contributed by atoms with Gasteiger partial charge in [0.1, 0.15) is 6.61 Å². The van der Waals surface area contributed by atoms with Gasteiger partial charge in [-0.15, -0.1) is 0 Å². The summed E-state index contributed by atoms with van der Waals surface area (Å²) in [5.74, 6) is 3.31. The maximum Gasteiger partial charge on any atom is 0.248 e. The average Bonchev–Trinajstić information content (AvgIpc) is 3.45. The van der Waals surface area contributed by atoms with Gasteiger partial charge in [0.25, 0.3) is 0 Å². The molecule has 3 fully saturated rings. The lowest BCUT2D eigenvalue weighted by Gasteiger charge is -2.40. The molecule has 1 saturated carbocycles. The van der Waals surface area contributed by atoms with Crippen molar-refractivity contribution >= 4 is 5.91 Å². The number of likely N-dealkylation sites (N-methyl/N-ethyl adjacent to an activating group) is 1. The van der Waals surface area contributed by atoms with Crippen molar-refractivity contribution in [1.29, 1.82) is 0 Å². The van der Waals surface area contributed by atoms with Gasteiger partial charge in [-0.25, -0.2) is 0 Å². The van der Waals surface area contributed by atoms with Crippen LogP contribution in [0.3, 0.4) is 0 Å². The molecule has 1 amide bonds. The number of likely N-dealkylation sites (tertiary alicyclic amines) is 2. The number of carbonyl (C=O) groups excluding carboxylic acids is 1. The van der Waals surface area contributed by atoms with Crippen molar-refractivity contribution in [3.63, 3.8) is 0 Å². The predicted octanol–water partition coefficient (Wildman–Crippen LogP) is 4.97. The summed E-state index contributed by atoms with van der Waals surface area (Å²) in [7, 11) is 1.95. The minimum absolute atomic E-state index is 0.0853. The molecule has 0 radical (unpaired) electrons. The second-order valence-corrected chi connectivity index (χ2v) is 14.5. The van der Waals surface area contributed by atoms with Gasteiger partial charge in [-0.05, 0) is 80.1 Å². The molecule has 0 spiro atoms. The second-order valence-electron chi connectivity index (χ2n) is 14.5. The fourth-order valence-corrected chi connectivity index (χ4v) is 8.94. The smallest absolute Gasteiger partial charge is 0.248 e. The van der Waals surface area contributed by atoms with E-state index >= 15 is 0 Å². The zero-order valence-electron chi connectivity index (χ0n) is 27.4. The Morgan fingerprint density at radius 1 is 0.977 bits per heavy atom. The molecule has 2 saturated heterocycles. The van der Waals surface area contributed by atoms with Crippen LogP contribution in [0.15, 0.2) is 42.5 Å². The number of hydrogen-bond donors (Lipinski definition) is 2. The number of ether oxygens (including phenoxy) is 1. The lowest BCUT2D eigenvalue weighted by molar-refractivity contribution is -0.137. The van der Waals surface area contributed by atoms with E-state index in [4.69, 9.17) is 4.74 Å². The van der Waals surface area contributed by atoms with Crippen LogP contribution in [0.2, 0.25) is 0 Å². The number of rotatable bonds is 13. The first-order valence-corrected chi connectivity index (χ1v) is 17.7. The molecule has 2 N–H and O–H groups in total. The van der Waals surface area contributed by atoms with Gasteiger partial charge in [-0.3, -0.25) is 9.69 Å². The first-order chi connectivity index (χ1) is 21.4. The van der Waals surface area contributed by atoms with Crippen LogP contribution in [-0.2, 0) is 16.0 Å². The molecular weight excluding hydrogens is 550 g/mol. The summed E-state index contributed by atoms with van der Waals surface area (Å²) in [6.07, 6.45) is 15.5. The Bertz CT molecular complexity index is 1020. The third-order valence-corrected chi connectivity index (χ3v) is 11.6. The van der Waals surface area contributed by atoms with E-state index < -0.39 is 6.29 Å². The van der Waals surface area contributed by atoms with Crippen molar-refractivity contribution in [2.45, 2.75) is 95.9 Å². The standard InChI is InChI=1S/C37H59N3O4/c1-28-11-9-10-16-33(28)34-26-40(35(23-37(42)43)30-14-7-4-8-15-30)25-31(34)24-39-20-17-32(18-21-39)38(2)36(41)27-44-22-19-29-12-5-3-6-13-29/h3,5-6,9-10,12-13,28,30-35,37,42-43H,4,7-8,11,14-27H2,1-2H3/t28?,31-,33?,34-,35-/m0/s1. The highest BCUT2D eigenvalue weighted by Crippen LogP contribution is 2.43. The molecule has 5 atom stereocenters. The van der Waals surface area contributed by atoms with Crippen molar-refractivity contribution in [2.75, 3.05) is 53.0 Å². The van der Waals surface area contributed by atoms with Gasteiger partial charge in [0, 0.05) is 58.3 Å². The van der Waals surface area contributed by atoms with E-state index in [0.29, 0.717) is 42.6 Å². The van der Waals surface area contributed by atoms with E-state index in [-0.39, 0.29) is 24.6 Å². The summed E-state index contributed by atoms with van der Waals surface area (Å²) in [6.45, 7) is 8.50. The van der Waals surface area contributed by atoms with Gasteiger partial charge in [0.2, 0.25) is 5.91 Å². The maximum absolute atomic E-state index is 12.9. The molecular formula is C37H59N3O4. The Morgan fingerprint density at radius 3 is 2.41 bits per heavy atom. The van der Waals surface area contributed by atoms with E-state index in [1.165, 1.54) is 50.5 Å². The van der Waals surface area contributed by atoms with Gasteiger partial charge in [-0.1, -0.05) is 68.7 Å². The van der Waals surface area contributed by atoms with E-state index in [0.717, 1.165) is 52.0 Å². The predicted molar refractivity (Wildman–Crippen MR) is 176 cm³/mol. The van der Waals surface area contributed by atoms with Crippen molar-refractivity contribution in [3.05, 3.63) is 48.0 Å². The first-order valence-electron chi connectivity index (χ1n) is 17.7.